The van der Waals surface area contributed by atoms with E-state index in [4.69, 9.17) is 4.98 Å². The van der Waals surface area contributed by atoms with Gasteiger partial charge in [0.15, 0.2) is 5.82 Å². The molecule has 2 nitrogen and oxygen atoms in total. The molecule has 0 radical (unpaired) electrons. The number of benzene rings is 2. The van der Waals surface area contributed by atoms with E-state index in [1.165, 1.54) is 0 Å². The minimum atomic E-state index is 0.731. The van der Waals surface area contributed by atoms with Gasteiger partial charge in [-0.15, -0.1) is 0 Å². The molecule has 2 heteroatoms. The van der Waals surface area contributed by atoms with Crippen molar-refractivity contribution < 1.29 is 0 Å². The second-order valence-electron chi connectivity index (χ2n) is 4.97. The van der Waals surface area contributed by atoms with Crippen molar-refractivity contribution in [3.63, 3.8) is 0 Å². The molecule has 21 heavy (non-hydrogen) atoms. The van der Waals surface area contributed by atoms with Crippen molar-refractivity contribution in [1.82, 2.24) is 9.97 Å². The summed E-state index contributed by atoms with van der Waals surface area (Å²) >= 11 is 0. The molecule has 0 fully saturated rings. The van der Waals surface area contributed by atoms with Crippen LogP contribution in [0.1, 0.15) is 12.6 Å². The summed E-state index contributed by atoms with van der Waals surface area (Å²) in [6.45, 7) is 5.97. The topological polar surface area (TPSA) is 25.8 Å². The molecular weight excluding hydrogens is 256 g/mol. The molecule has 3 rings (SSSR count). The molecule has 0 aliphatic carbocycles. The van der Waals surface area contributed by atoms with Gasteiger partial charge in [-0.1, -0.05) is 67.2 Å². The van der Waals surface area contributed by atoms with E-state index < -0.39 is 0 Å². The Bertz CT molecular complexity index is 704. The number of allylic oxidation sites excluding steroid dienone is 1. The van der Waals surface area contributed by atoms with Crippen LogP contribution in [0.4, 0.5) is 0 Å². The standard InChI is InChI=1S/C19H16N2/c1-14(2)17-13-18(15-9-5-3-6-10-15)21-19(20-17)16-11-7-4-8-12-16/h3-13H,1H2,2H3. The highest BCUT2D eigenvalue weighted by molar-refractivity contribution is 5.69. The van der Waals surface area contributed by atoms with E-state index in [-0.39, 0.29) is 0 Å². The minimum Gasteiger partial charge on any atom is -0.228 e. The Morgan fingerprint density at radius 1 is 0.810 bits per heavy atom. The van der Waals surface area contributed by atoms with Gasteiger partial charge in [0.1, 0.15) is 0 Å². The molecule has 1 aromatic heterocycles. The maximum absolute atomic E-state index is 4.70. The second-order valence-corrected chi connectivity index (χ2v) is 4.97. The maximum atomic E-state index is 4.70. The van der Waals surface area contributed by atoms with Gasteiger partial charge in [-0.25, -0.2) is 9.97 Å². The summed E-state index contributed by atoms with van der Waals surface area (Å²) in [6.07, 6.45) is 0. The molecule has 102 valence electrons. The third-order valence-corrected chi connectivity index (χ3v) is 3.26. The Labute approximate surface area is 124 Å². The lowest BCUT2D eigenvalue weighted by molar-refractivity contribution is 1.15. The van der Waals surface area contributed by atoms with Crippen LogP contribution in [0.25, 0.3) is 28.2 Å². The van der Waals surface area contributed by atoms with Gasteiger partial charge in [-0.2, -0.15) is 0 Å². The number of aromatic nitrogens is 2. The van der Waals surface area contributed by atoms with E-state index >= 15 is 0 Å². The second kappa shape index (κ2) is 5.71. The summed E-state index contributed by atoms with van der Waals surface area (Å²) in [4.78, 5) is 9.32. The smallest absolute Gasteiger partial charge is 0.160 e. The number of hydrogen-bond acceptors (Lipinski definition) is 2. The first-order chi connectivity index (χ1) is 10.2. The Balaban J connectivity index is 2.18. The third kappa shape index (κ3) is 2.90. The summed E-state index contributed by atoms with van der Waals surface area (Å²) in [5, 5.41) is 0. The van der Waals surface area contributed by atoms with E-state index in [0.29, 0.717) is 0 Å². The van der Waals surface area contributed by atoms with Gasteiger partial charge in [-0.3, -0.25) is 0 Å². The van der Waals surface area contributed by atoms with Crippen LogP contribution in [0.15, 0.2) is 73.3 Å². The van der Waals surface area contributed by atoms with Crippen LogP contribution in [0.5, 0.6) is 0 Å². The number of hydrogen-bond donors (Lipinski definition) is 0. The quantitative estimate of drug-likeness (QED) is 0.681. The molecular formula is C19H16N2. The zero-order valence-electron chi connectivity index (χ0n) is 12.0. The summed E-state index contributed by atoms with van der Waals surface area (Å²) < 4.78 is 0. The highest BCUT2D eigenvalue weighted by Gasteiger charge is 2.08. The van der Waals surface area contributed by atoms with Gasteiger partial charge in [0.25, 0.3) is 0 Å². The fourth-order valence-corrected chi connectivity index (χ4v) is 2.14. The largest absolute Gasteiger partial charge is 0.228 e. The molecule has 0 saturated heterocycles. The molecule has 0 N–H and O–H groups in total. The summed E-state index contributed by atoms with van der Waals surface area (Å²) in [6, 6.07) is 22.1. The van der Waals surface area contributed by atoms with E-state index in [1.807, 2.05) is 61.5 Å². The van der Waals surface area contributed by atoms with Gasteiger partial charge in [-0.05, 0) is 18.6 Å². The molecule has 0 aliphatic heterocycles. The van der Waals surface area contributed by atoms with Crippen molar-refractivity contribution in [3.8, 4) is 22.6 Å². The Kier molecular flexibility index (Phi) is 3.61. The fraction of sp³-hybridized carbons (Fsp3) is 0.0526. The molecule has 0 bridgehead atoms. The van der Waals surface area contributed by atoms with Crippen molar-refractivity contribution in [3.05, 3.63) is 79.0 Å². The van der Waals surface area contributed by atoms with E-state index in [0.717, 1.165) is 33.9 Å². The van der Waals surface area contributed by atoms with Crippen LogP contribution in [-0.2, 0) is 0 Å². The molecule has 0 unspecified atom stereocenters. The van der Waals surface area contributed by atoms with Crippen molar-refractivity contribution in [2.45, 2.75) is 6.92 Å². The molecule has 0 aliphatic rings. The van der Waals surface area contributed by atoms with Crippen LogP contribution in [-0.4, -0.2) is 9.97 Å². The van der Waals surface area contributed by atoms with Crippen molar-refractivity contribution in [2.24, 2.45) is 0 Å². The Morgan fingerprint density at radius 3 is 1.95 bits per heavy atom. The van der Waals surface area contributed by atoms with Crippen LogP contribution >= 0.6 is 0 Å². The third-order valence-electron chi connectivity index (χ3n) is 3.26. The van der Waals surface area contributed by atoms with Crippen LogP contribution in [0.2, 0.25) is 0 Å². The molecule has 0 spiro atoms. The zero-order chi connectivity index (χ0) is 14.7. The zero-order valence-corrected chi connectivity index (χ0v) is 12.0. The molecule has 0 saturated carbocycles. The Morgan fingerprint density at radius 2 is 1.38 bits per heavy atom. The molecule has 0 atom stereocenters. The van der Waals surface area contributed by atoms with E-state index in [2.05, 4.69) is 23.7 Å². The molecule has 2 aromatic carbocycles. The predicted molar refractivity (Wildman–Crippen MR) is 87.6 cm³/mol. The highest BCUT2D eigenvalue weighted by Crippen LogP contribution is 2.24. The van der Waals surface area contributed by atoms with Gasteiger partial charge in [0.2, 0.25) is 0 Å². The predicted octanol–water partition coefficient (Wildman–Crippen LogP) is 4.84. The molecule has 1 heterocycles. The van der Waals surface area contributed by atoms with Gasteiger partial charge in [0.05, 0.1) is 11.4 Å². The first-order valence-corrected chi connectivity index (χ1v) is 6.90. The summed E-state index contributed by atoms with van der Waals surface area (Å²) in [7, 11) is 0. The lowest BCUT2D eigenvalue weighted by atomic mass is 10.1. The first kappa shape index (κ1) is 13.3. The number of rotatable bonds is 3. The average molecular weight is 272 g/mol. The first-order valence-electron chi connectivity index (χ1n) is 6.90. The molecule has 0 amide bonds. The van der Waals surface area contributed by atoms with Gasteiger partial charge in [0, 0.05) is 11.1 Å². The fourth-order valence-electron chi connectivity index (χ4n) is 2.14. The van der Waals surface area contributed by atoms with Crippen LogP contribution < -0.4 is 0 Å². The van der Waals surface area contributed by atoms with E-state index in [1.54, 1.807) is 0 Å². The molecule has 3 aromatic rings. The van der Waals surface area contributed by atoms with Crippen molar-refractivity contribution in [2.75, 3.05) is 0 Å². The van der Waals surface area contributed by atoms with Crippen molar-refractivity contribution in [1.29, 1.82) is 0 Å². The van der Waals surface area contributed by atoms with Crippen LogP contribution in [0.3, 0.4) is 0 Å². The maximum Gasteiger partial charge on any atom is 0.160 e. The SMILES string of the molecule is C=C(C)c1cc(-c2ccccc2)nc(-c2ccccc2)n1. The normalized spacial score (nSPS) is 10.3. The Hall–Kier alpha value is -2.74. The lowest BCUT2D eigenvalue weighted by Gasteiger charge is -2.08. The van der Waals surface area contributed by atoms with Gasteiger partial charge >= 0.3 is 0 Å². The van der Waals surface area contributed by atoms with E-state index in [9.17, 15) is 0 Å². The van der Waals surface area contributed by atoms with Gasteiger partial charge < -0.3 is 0 Å². The van der Waals surface area contributed by atoms with Crippen LogP contribution in [0, 0.1) is 0 Å². The highest BCUT2D eigenvalue weighted by atomic mass is 14.9. The average Bonchev–Trinajstić information content (AvgIpc) is 2.56. The number of nitrogens with zero attached hydrogens (tertiary/aromatic N) is 2. The minimum absolute atomic E-state index is 0.731. The van der Waals surface area contributed by atoms with Crippen molar-refractivity contribution >= 4 is 5.57 Å². The summed E-state index contributed by atoms with van der Waals surface area (Å²) in [5.74, 6) is 0.731. The monoisotopic (exact) mass is 272 g/mol. The summed E-state index contributed by atoms with van der Waals surface area (Å²) in [5.41, 5.74) is 4.83. The lowest BCUT2D eigenvalue weighted by Crippen LogP contribution is -1.96.